The molecule has 1 heterocycles. The smallest absolute Gasteiger partial charge is 0.104 e. The molecule has 0 aliphatic carbocycles. The summed E-state index contributed by atoms with van der Waals surface area (Å²) in [4.78, 5) is 0. The Kier molecular flexibility index (Phi) is 3.93. The van der Waals surface area contributed by atoms with E-state index in [4.69, 9.17) is 5.11 Å². The van der Waals surface area contributed by atoms with Crippen LogP contribution in [0.4, 0.5) is 0 Å². The van der Waals surface area contributed by atoms with E-state index in [1.807, 2.05) is 0 Å². The van der Waals surface area contributed by atoms with E-state index in [2.05, 4.69) is 42.8 Å². The predicted octanol–water partition coefficient (Wildman–Crippen LogP) is 1.68. The zero-order valence-electron chi connectivity index (χ0n) is 8.16. The number of aryl methyl sites for hydroxylation is 2. The van der Waals surface area contributed by atoms with Crippen molar-refractivity contribution in [1.29, 1.82) is 0 Å². The molecule has 72 valence electrons. The lowest BCUT2D eigenvalue weighted by atomic mass is 10.2. The van der Waals surface area contributed by atoms with Crippen molar-refractivity contribution in [3.63, 3.8) is 0 Å². The number of aliphatic hydroxyl groups excluding tert-OH is 1. The molecule has 1 N–H and O–H groups in total. The van der Waals surface area contributed by atoms with Crippen LogP contribution in [0, 0.1) is 13.8 Å². The summed E-state index contributed by atoms with van der Waals surface area (Å²) in [6.07, 6.45) is 0.190. The van der Waals surface area contributed by atoms with Gasteiger partial charge in [0.25, 0.3) is 0 Å². The lowest BCUT2D eigenvalue weighted by molar-refractivity contribution is 0.244. The second-order valence-corrected chi connectivity index (χ2v) is 3.29. The normalized spacial score (nSPS) is 18.8. The first-order chi connectivity index (χ1) is 6.22. The maximum atomic E-state index is 8.08. The number of aliphatic hydroxyl groups is 1. The van der Waals surface area contributed by atoms with Gasteiger partial charge in [-0.05, 0) is 13.8 Å². The van der Waals surface area contributed by atoms with Gasteiger partial charge in [0.15, 0.2) is 0 Å². The van der Waals surface area contributed by atoms with Crippen molar-refractivity contribution >= 4 is 0 Å². The first-order valence-electron chi connectivity index (χ1n) is 4.48. The van der Waals surface area contributed by atoms with Crippen LogP contribution in [0.25, 0.3) is 0 Å². The molecule has 1 fully saturated rings. The molecule has 2 heteroatoms. The Morgan fingerprint density at radius 3 is 1.77 bits per heavy atom. The summed E-state index contributed by atoms with van der Waals surface area (Å²) in [6, 6.07) is 8.48. The van der Waals surface area contributed by atoms with Crippen molar-refractivity contribution < 1.29 is 9.84 Å². The fourth-order valence-corrected chi connectivity index (χ4v) is 0.810. The molecule has 1 atom stereocenters. The van der Waals surface area contributed by atoms with E-state index in [0.29, 0.717) is 0 Å². The Balaban J connectivity index is 0.000000145. The summed E-state index contributed by atoms with van der Waals surface area (Å²) in [6.45, 7) is 5.15. The van der Waals surface area contributed by atoms with E-state index >= 15 is 0 Å². The molecule has 0 bridgehead atoms. The summed E-state index contributed by atoms with van der Waals surface area (Å²) in [5.41, 5.74) is 2.66. The van der Waals surface area contributed by atoms with Gasteiger partial charge >= 0.3 is 0 Å². The lowest BCUT2D eigenvalue weighted by Gasteiger charge is -1.90. The van der Waals surface area contributed by atoms with Crippen LogP contribution in [-0.4, -0.2) is 24.4 Å². The molecule has 2 nitrogen and oxygen atoms in total. The van der Waals surface area contributed by atoms with Crippen molar-refractivity contribution in [1.82, 2.24) is 0 Å². The molecule has 0 radical (unpaired) electrons. The number of rotatable bonds is 1. The lowest BCUT2D eigenvalue weighted by Crippen LogP contribution is -1.88. The largest absolute Gasteiger partial charge is 0.394 e. The Morgan fingerprint density at radius 2 is 1.62 bits per heavy atom. The van der Waals surface area contributed by atoms with Gasteiger partial charge in [-0.2, -0.15) is 0 Å². The Bertz CT molecular complexity index is 216. The number of benzene rings is 1. The molecule has 13 heavy (non-hydrogen) atoms. The number of epoxide rings is 1. The van der Waals surface area contributed by atoms with Crippen molar-refractivity contribution in [2.45, 2.75) is 20.0 Å². The molecule has 1 aromatic rings. The number of hydrogen-bond donors (Lipinski definition) is 1. The molecule has 0 spiro atoms. The van der Waals surface area contributed by atoms with Gasteiger partial charge in [0.05, 0.1) is 13.2 Å². The third-order valence-electron chi connectivity index (χ3n) is 1.82. The fraction of sp³-hybridized carbons (Fsp3) is 0.455. The summed E-state index contributed by atoms with van der Waals surface area (Å²) in [5.74, 6) is 0. The Morgan fingerprint density at radius 1 is 1.23 bits per heavy atom. The van der Waals surface area contributed by atoms with E-state index in [1.165, 1.54) is 11.1 Å². The van der Waals surface area contributed by atoms with E-state index in [-0.39, 0.29) is 12.7 Å². The van der Waals surface area contributed by atoms with Gasteiger partial charge in [0, 0.05) is 0 Å². The SMILES string of the molecule is Cc1ccc(C)cc1.OCC1CO1. The van der Waals surface area contributed by atoms with E-state index < -0.39 is 0 Å². The summed E-state index contributed by atoms with van der Waals surface area (Å²) < 4.78 is 4.61. The van der Waals surface area contributed by atoms with Gasteiger partial charge in [-0.25, -0.2) is 0 Å². The molecule has 0 aromatic heterocycles. The summed E-state index contributed by atoms with van der Waals surface area (Å²) >= 11 is 0. The van der Waals surface area contributed by atoms with Gasteiger partial charge in [0.1, 0.15) is 6.10 Å². The molecular weight excluding hydrogens is 164 g/mol. The Hall–Kier alpha value is -0.860. The monoisotopic (exact) mass is 180 g/mol. The first kappa shape index (κ1) is 10.2. The van der Waals surface area contributed by atoms with E-state index in [9.17, 15) is 0 Å². The third-order valence-corrected chi connectivity index (χ3v) is 1.82. The highest BCUT2D eigenvalue weighted by molar-refractivity contribution is 5.19. The zero-order chi connectivity index (χ0) is 9.68. The average Bonchev–Trinajstić information content (AvgIpc) is 2.94. The van der Waals surface area contributed by atoms with Crippen LogP contribution in [0.15, 0.2) is 24.3 Å². The van der Waals surface area contributed by atoms with E-state index in [1.54, 1.807) is 0 Å². The van der Waals surface area contributed by atoms with Crippen LogP contribution in [-0.2, 0) is 4.74 Å². The van der Waals surface area contributed by atoms with Crippen LogP contribution >= 0.6 is 0 Å². The molecule has 2 rings (SSSR count). The molecule has 1 saturated heterocycles. The van der Waals surface area contributed by atoms with E-state index in [0.717, 1.165) is 6.61 Å². The van der Waals surface area contributed by atoms with Crippen LogP contribution in [0.5, 0.6) is 0 Å². The van der Waals surface area contributed by atoms with Gasteiger partial charge in [-0.3, -0.25) is 0 Å². The first-order valence-corrected chi connectivity index (χ1v) is 4.48. The van der Waals surface area contributed by atoms with Crippen molar-refractivity contribution in [3.05, 3.63) is 35.4 Å². The minimum atomic E-state index is 0.190. The predicted molar refractivity (Wildman–Crippen MR) is 52.7 cm³/mol. The minimum absolute atomic E-state index is 0.190. The highest BCUT2D eigenvalue weighted by Crippen LogP contribution is 2.04. The number of hydrogen-bond acceptors (Lipinski definition) is 2. The van der Waals surface area contributed by atoms with Crippen molar-refractivity contribution in [2.75, 3.05) is 13.2 Å². The second kappa shape index (κ2) is 5.00. The third kappa shape index (κ3) is 4.65. The highest BCUT2D eigenvalue weighted by Gasteiger charge is 2.19. The highest BCUT2D eigenvalue weighted by atomic mass is 16.6. The van der Waals surface area contributed by atoms with Crippen LogP contribution in [0.2, 0.25) is 0 Å². The molecule has 1 aromatic carbocycles. The summed E-state index contributed by atoms with van der Waals surface area (Å²) in [5, 5.41) is 8.08. The van der Waals surface area contributed by atoms with Gasteiger partial charge in [0.2, 0.25) is 0 Å². The minimum Gasteiger partial charge on any atom is -0.394 e. The molecule has 1 unspecified atom stereocenters. The van der Waals surface area contributed by atoms with Crippen molar-refractivity contribution in [2.24, 2.45) is 0 Å². The molecular formula is C11H16O2. The number of ether oxygens (including phenoxy) is 1. The Labute approximate surface area is 79.2 Å². The fourth-order valence-electron chi connectivity index (χ4n) is 0.810. The molecule has 1 aliphatic heterocycles. The maximum Gasteiger partial charge on any atom is 0.104 e. The molecule has 1 aliphatic rings. The van der Waals surface area contributed by atoms with Crippen LogP contribution in [0.1, 0.15) is 11.1 Å². The van der Waals surface area contributed by atoms with Crippen LogP contribution < -0.4 is 0 Å². The second-order valence-electron chi connectivity index (χ2n) is 3.29. The maximum absolute atomic E-state index is 8.08. The van der Waals surface area contributed by atoms with Gasteiger partial charge in [-0.1, -0.05) is 35.4 Å². The van der Waals surface area contributed by atoms with Crippen LogP contribution in [0.3, 0.4) is 0 Å². The quantitative estimate of drug-likeness (QED) is 0.667. The average molecular weight is 180 g/mol. The molecule has 0 amide bonds. The zero-order valence-corrected chi connectivity index (χ0v) is 8.16. The standard InChI is InChI=1S/C8H10.C3H6O2/c1-7-3-5-8(2)6-4-7;4-1-3-2-5-3/h3-6H,1-2H3;3-4H,1-2H2. The van der Waals surface area contributed by atoms with Crippen molar-refractivity contribution in [3.8, 4) is 0 Å². The topological polar surface area (TPSA) is 32.8 Å². The molecule has 0 saturated carbocycles. The summed E-state index contributed by atoms with van der Waals surface area (Å²) in [7, 11) is 0. The van der Waals surface area contributed by atoms with Gasteiger partial charge < -0.3 is 9.84 Å². The van der Waals surface area contributed by atoms with Gasteiger partial charge in [-0.15, -0.1) is 0 Å².